The normalized spacial score (nSPS) is 33.6. The van der Waals surface area contributed by atoms with Gasteiger partial charge in [0.1, 0.15) is 36.4 Å². The van der Waals surface area contributed by atoms with Gasteiger partial charge in [0, 0.05) is 37.3 Å². The molecule has 11 N–H and O–H groups in total. The summed E-state index contributed by atoms with van der Waals surface area (Å²) in [6.45, 7) is 0. The van der Waals surface area contributed by atoms with Crippen LogP contribution in [-0.2, 0) is 28.7 Å². The molecule has 3 aliphatic rings. The van der Waals surface area contributed by atoms with Gasteiger partial charge in [-0.3, -0.25) is 4.79 Å². The maximum Gasteiger partial charge on any atom is 0.335 e. The van der Waals surface area contributed by atoms with E-state index >= 15 is 0 Å². The summed E-state index contributed by atoms with van der Waals surface area (Å²) in [5, 5.41) is 112. The fourth-order valence-electron chi connectivity index (χ4n) is 6.40. The first-order valence-corrected chi connectivity index (χ1v) is 15.1. The van der Waals surface area contributed by atoms with E-state index in [1.54, 1.807) is 0 Å². The van der Waals surface area contributed by atoms with E-state index in [-0.39, 0.29) is 22.4 Å². The topological polar surface area (TPSA) is 318 Å². The lowest BCUT2D eigenvalue weighted by Crippen LogP contribution is -2.57. The van der Waals surface area contributed by atoms with Crippen molar-refractivity contribution in [2.45, 2.75) is 85.5 Å². The molecule has 0 aromatic heterocycles. The van der Waals surface area contributed by atoms with Gasteiger partial charge < -0.3 is 70.4 Å². The summed E-state index contributed by atoms with van der Waals surface area (Å²) in [6.07, 6.45) is -13.2. The van der Waals surface area contributed by atoms with Crippen molar-refractivity contribution in [3.8, 4) is 23.0 Å². The van der Waals surface area contributed by atoms with Crippen LogP contribution in [0.2, 0.25) is 0 Å². The molecule has 1 heterocycles. The van der Waals surface area contributed by atoms with Crippen LogP contribution in [0.3, 0.4) is 0 Å². The molecular weight excluding hydrogens is 672 g/mol. The number of aliphatic hydroxyl groups is 6. The minimum Gasteiger partial charge on any atom is -0.504 e. The number of rotatable bonds is 8. The summed E-state index contributed by atoms with van der Waals surface area (Å²) in [6, 6.07) is 5.75. The first kappa shape index (κ1) is 36.3. The fourth-order valence-corrected chi connectivity index (χ4v) is 6.40. The molecule has 2 aromatic rings. The van der Waals surface area contributed by atoms with Gasteiger partial charge in [-0.2, -0.15) is 0 Å². The number of fused-ring (bicyclic) bond motifs is 1. The van der Waals surface area contributed by atoms with Crippen LogP contribution < -0.4 is 4.74 Å². The Balaban J connectivity index is 1.49. The van der Waals surface area contributed by atoms with Crippen LogP contribution in [0.5, 0.6) is 23.0 Å². The van der Waals surface area contributed by atoms with Gasteiger partial charge in [0.15, 0.2) is 34.2 Å². The second kappa shape index (κ2) is 13.4. The van der Waals surface area contributed by atoms with Gasteiger partial charge in [-0.15, -0.1) is 0 Å². The van der Waals surface area contributed by atoms with Crippen LogP contribution >= 0.6 is 0 Å². The molecule has 2 saturated carbocycles. The third kappa shape index (κ3) is 6.76. The number of benzene rings is 2. The molecule has 18 heteroatoms. The zero-order chi connectivity index (χ0) is 36.9. The molecule has 0 saturated heterocycles. The molecular formula is C32H34O18. The monoisotopic (exact) mass is 706 g/mol. The van der Waals surface area contributed by atoms with E-state index in [0.29, 0.717) is 0 Å². The summed E-state index contributed by atoms with van der Waals surface area (Å²) in [7, 11) is 0. The molecule has 1 aliphatic heterocycles. The van der Waals surface area contributed by atoms with Crippen LogP contribution in [-0.4, -0.2) is 128 Å². The Bertz CT molecular complexity index is 1720. The number of carboxylic acids is 2. The molecule has 2 fully saturated rings. The lowest BCUT2D eigenvalue weighted by Gasteiger charge is -2.39. The Morgan fingerprint density at radius 1 is 0.740 bits per heavy atom. The second-order valence-electron chi connectivity index (χ2n) is 12.6. The lowest BCUT2D eigenvalue weighted by molar-refractivity contribution is -0.199. The molecule has 2 aromatic carbocycles. The van der Waals surface area contributed by atoms with Gasteiger partial charge in [0.25, 0.3) is 0 Å². The minimum atomic E-state index is -2.58. The Labute approximate surface area is 281 Å². The molecule has 0 spiro atoms. The first-order chi connectivity index (χ1) is 23.3. The van der Waals surface area contributed by atoms with E-state index in [0.717, 1.165) is 30.4 Å². The third-order valence-electron chi connectivity index (χ3n) is 9.10. The van der Waals surface area contributed by atoms with E-state index in [4.69, 9.17) is 14.2 Å². The van der Waals surface area contributed by atoms with Crippen molar-refractivity contribution in [2.75, 3.05) is 0 Å². The average molecular weight is 707 g/mol. The number of aliphatic hydroxyl groups excluding tert-OH is 4. The van der Waals surface area contributed by atoms with Crippen LogP contribution in [0.4, 0.5) is 0 Å². The molecule has 5 rings (SSSR count). The van der Waals surface area contributed by atoms with Gasteiger partial charge in [-0.1, -0.05) is 12.1 Å². The van der Waals surface area contributed by atoms with Gasteiger partial charge in [0.05, 0.1) is 12.2 Å². The molecule has 2 aliphatic carbocycles. The molecule has 50 heavy (non-hydrogen) atoms. The predicted octanol–water partition coefficient (Wildman–Crippen LogP) is -1.48. The van der Waals surface area contributed by atoms with E-state index in [1.165, 1.54) is 12.1 Å². The van der Waals surface area contributed by atoms with Crippen molar-refractivity contribution in [3.05, 3.63) is 53.1 Å². The van der Waals surface area contributed by atoms with Crippen LogP contribution in [0, 0.1) is 0 Å². The summed E-state index contributed by atoms with van der Waals surface area (Å²) in [5.74, 6) is -9.48. The van der Waals surface area contributed by atoms with Crippen LogP contribution in [0.25, 0.3) is 6.08 Å². The summed E-state index contributed by atoms with van der Waals surface area (Å²) >= 11 is 0. The van der Waals surface area contributed by atoms with Crippen molar-refractivity contribution in [2.24, 2.45) is 0 Å². The number of phenolic OH excluding ortho intramolecular Hbond substituents is 3. The van der Waals surface area contributed by atoms with Gasteiger partial charge in [-0.25, -0.2) is 14.4 Å². The highest BCUT2D eigenvalue weighted by Gasteiger charge is 2.53. The highest BCUT2D eigenvalue weighted by atomic mass is 16.6. The molecule has 270 valence electrons. The predicted molar refractivity (Wildman–Crippen MR) is 160 cm³/mol. The maximum absolute atomic E-state index is 13.9. The number of carbonyl (C=O) groups excluding carboxylic acids is 2. The molecule has 0 radical (unpaired) electrons. The fraction of sp³-hybridized carbons (Fsp3) is 0.438. The zero-order valence-electron chi connectivity index (χ0n) is 25.8. The molecule has 0 amide bonds. The second-order valence-corrected chi connectivity index (χ2v) is 12.6. The number of carbonyl (C=O) groups is 4. The smallest absolute Gasteiger partial charge is 0.335 e. The number of aromatic hydroxyl groups is 3. The third-order valence-corrected chi connectivity index (χ3v) is 9.10. The number of hydrogen-bond acceptors (Lipinski definition) is 16. The Kier molecular flexibility index (Phi) is 9.72. The van der Waals surface area contributed by atoms with Gasteiger partial charge >= 0.3 is 23.9 Å². The van der Waals surface area contributed by atoms with Gasteiger partial charge in [0.2, 0.25) is 0 Å². The highest BCUT2D eigenvalue weighted by molar-refractivity contribution is 5.90. The number of esters is 2. The summed E-state index contributed by atoms with van der Waals surface area (Å²) < 4.78 is 16.5. The largest absolute Gasteiger partial charge is 0.504 e. The van der Waals surface area contributed by atoms with Crippen molar-refractivity contribution in [1.82, 2.24) is 0 Å². The molecule has 2 unspecified atom stereocenters. The zero-order valence-corrected chi connectivity index (χ0v) is 25.8. The van der Waals surface area contributed by atoms with Crippen molar-refractivity contribution < 1.29 is 89.6 Å². The Morgan fingerprint density at radius 2 is 1.28 bits per heavy atom. The Morgan fingerprint density at radius 3 is 1.82 bits per heavy atom. The Hall–Kier alpha value is -4.98. The van der Waals surface area contributed by atoms with Crippen molar-refractivity contribution in [3.63, 3.8) is 0 Å². The number of carboxylic acid groups (broad SMARTS) is 2. The number of phenols is 3. The quantitative estimate of drug-likeness (QED) is 0.0847. The highest BCUT2D eigenvalue weighted by Crippen LogP contribution is 2.53. The van der Waals surface area contributed by atoms with Crippen molar-refractivity contribution in [1.29, 1.82) is 0 Å². The van der Waals surface area contributed by atoms with Crippen LogP contribution in [0.1, 0.15) is 54.4 Å². The standard InChI is InChI=1S/C32H34O18/c33-14-4-2-13(7-16(14)35)26-23(28(41)49-20-11-32(47,30(44)45)9-18(37)25(20)40)22-12(1-5-15(34)27(22)50-26)3-6-21(38)48-19-10-31(46,29(42)43)8-17(36)24(19)39/h1-7,17-20,23-26,33-37,39-40,46-47H,8-11H2,(H,42,43)(H,44,45)/b6-3+/t17-,18-,19-,20-,23?,24-,25-,26?,31+,32+/m1/s1. The van der Waals surface area contributed by atoms with E-state index in [2.05, 4.69) is 0 Å². The van der Waals surface area contributed by atoms with Gasteiger partial charge in [-0.05, 0) is 35.4 Å². The number of hydrogen-bond donors (Lipinski definition) is 11. The minimum absolute atomic E-state index is 0.000244. The number of ether oxygens (including phenoxy) is 3. The number of aliphatic carboxylic acids is 2. The van der Waals surface area contributed by atoms with Crippen molar-refractivity contribution >= 4 is 30.0 Å². The lowest BCUT2D eigenvalue weighted by atomic mass is 9.79. The molecule has 10 atom stereocenters. The molecule has 0 bridgehead atoms. The SMILES string of the molecule is O=C(/C=C/c1ccc(O)c2c1C(C(=O)O[C@@H]1C[C@](O)(C(=O)O)C[C@@H](O)[C@H]1O)C(c1ccc(O)c(O)c1)O2)O[C@@H]1C[C@](O)(C(=O)O)C[C@@H](O)[C@H]1O. The molecule has 18 nitrogen and oxygen atoms in total. The van der Waals surface area contributed by atoms with E-state index in [1.807, 2.05) is 0 Å². The van der Waals surface area contributed by atoms with Crippen LogP contribution in [0.15, 0.2) is 36.4 Å². The van der Waals surface area contributed by atoms with E-state index in [9.17, 15) is 75.3 Å². The summed E-state index contributed by atoms with van der Waals surface area (Å²) in [5.41, 5.74) is -5.17. The first-order valence-electron chi connectivity index (χ1n) is 15.1. The summed E-state index contributed by atoms with van der Waals surface area (Å²) in [4.78, 5) is 50.0. The average Bonchev–Trinajstić information content (AvgIpc) is 3.45. The van der Waals surface area contributed by atoms with E-state index < -0.39 is 127 Å². The maximum atomic E-state index is 13.9.